The van der Waals surface area contributed by atoms with Crippen molar-refractivity contribution in [3.63, 3.8) is 0 Å². The van der Waals surface area contributed by atoms with Gasteiger partial charge in [0.1, 0.15) is 6.04 Å². The molecule has 2 amide bonds. The van der Waals surface area contributed by atoms with E-state index in [0.717, 1.165) is 12.8 Å². The van der Waals surface area contributed by atoms with Crippen LogP contribution in [0.1, 0.15) is 67.7 Å². The van der Waals surface area contributed by atoms with Gasteiger partial charge in [-0.25, -0.2) is 0 Å². The van der Waals surface area contributed by atoms with E-state index in [9.17, 15) is 9.59 Å². The number of rotatable bonds is 10. The number of hydrogen-bond acceptors (Lipinski definition) is 4. The van der Waals surface area contributed by atoms with Crippen molar-refractivity contribution in [2.45, 2.75) is 91.4 Å². The van der Waals surface area contributed by atoms with Gasteiger partial charge in [-0.3, -0.25) is 9.59 Å². The summed E-state index contributed by atoms with van der Waals surface area (Å²) in [6.45, 7) is 14.4. The fourth-order valence-corrected chi connectivity index (χ4v) is 2.41. The molecule has 0 aromatic carbocycles. The summed E-state index contributed by atoms with van der Waals surface area (Å²) in [5.41, 5.74) is 5.21. The molecule has 0 aromatic heterocycles. The molecule has 0 spiro atoms. The molecule has 2 atom stereocenters. The summed E-state index contributed by atoms with van der Waals surface area (Å²) in [5, 5.41) is 9.16. The zero-order valence-electron chi connectivity index (χ0n) is 16.5. The quantitative estimate of drug-likeness (QED) is 0.453. The molecule has 0 aliphatic heterocycles. The summed E-state index contributed by atoms with van der Waals surface area (Å²) in [6.07, 6.45) is 2.24. The van der Waals surface area contributed by atoms with Crippen LogP contribution < -0.4 is 21.7 Å². The molecule has 6 nitrogen and oxygen atoms in total. The van der Waals surface area contributed by atoms with Crippen molar-refractivity contribution in [2.75, 3.05) is 6.54 Å². The van der Waals surface area contributed by atoms with Gasteiger partial charge in [-0.1, -0.05) is 27.7 Å². The largest absolute Gasteiger partial charge is 0.350 e. The summed E-state index contributed by atoms with van der Waals surface area (Å²) in [4.78, 5) is 25.2. The number of nitrogens with one attached hydrogen (secondary N) is 3. The fraction of sp³-hybridized carbons (Fsp3) is 0.889. The van der Waals surface area contributed by atoms with Gasteiger partial charge in [0.15, 0.2) is 0 Å². The Morgan fingerprint density at radius 3 is 2.00 bits per heavy atom. The van der Waals surface area contributed by atoms with Gasteiger partial charge in [0.05, 0.1) is 6.04 Å². The fourth-order valence-electron chi connectivity index (χ4n) is 2.41. The molecule has 0 unspecified atom stereocenters. The standard InChI is InChI=1S/C18H38N4O2/c1-12(2)15(20-13(3)4)17(24)21-14(10-8-9-11-19)16(23)22-18(5,6)7/h12-15,20H,8-11,19H2,1-7H3,(H,21,24)(H,22,23)/t14-,15-/m0/s1. The second-order valence-electron chi connectivity index (χ2n) is 8.13. The highest BCUT2D eigenvalue weighted by molar-refractivity contribution is 5.90. The van der Waals surface area contributed by atoms with Crippen molar-refractivity contribution in [2.24, 2.45) is 11.7 Å². The van der Waals surface area contributed by atoms with Crippen LogP contribution in [0.25, 0.3) is 0 Å². The van der Waals surface area contributed by atoms with Gasteiger partial charge in [-0.05, 0) is 52.5 Å². The molecule has 0 aliphatic rings. The minimum absolute atomic E-state index is 0.125. The van der Waals surface area contributed by atoms with Crippen LogP contribution in [0.3, 0.4) is 0 Å². The number of nitrogens with two attached hydrogens (primary N) is 1. The lowest BCUT2D eigenvalue weighted by Gasteiger charge is -2.29. The number of hydrogen-bond donors (Lipinski definition) is 4. The third-order valence-corrected chi connectivity index (χ3v) is 3.54. The molecular formula is C18H38N4O2. The number of carbonyl (C=O) groups is 2. The first kappa shape index (κ1) is 22.9. The van der Waals surface area contributed by atoms with Gasteiger partial charge in [0.2, 0.25) is 11.8 Å². The summed E-state index contributed by atoms with van der Waals surface area (Å²) < 4.78 is 0. The molecule has 6 heteroatoms. The Morgan fingerprint density at radius 1 is 1.00 bits per heavy atom. The van der Waals surface area contributed by atoms with E-state index in [4.69, 9.17) is 5.73 Å². The van der Waals surface area contributed by atoms with Gasteiger partial charge in [0.25, 0.3) is 0 Å². The highest BCUT2D eigenvalue weighted by Crippen LogP contribution is 2.08. The SMILES string of the molecule is CC(C)N[C@H](C(=O)N[C@@H](CCCCN)C(=O)NC(C)(C)C)C(C)C. The van der Waals surface area contributed by atoms with Crippen LogP contribution in [-0.4, -0.2) is 42.0 Å². The van der Waals surface area contributed by atoms with Crippen LogP contribution in [-0.2, 0) is 9.59 Å². The van der Waals surface area contributed by atoms with Crippen molar-refractivity contribution in [3.05, 3.63) is 0 Å². The van der Waals surface area contributed by atoms with E-state index < -0.39 is 6.04 Å². The molecule has 0 fully saturated rings. The average molecular weight is 343 g/mol. The van der Waals surface area contributed by atoms with Crippen LogP contribution in [0.15, 0.2) is 0 Å². The predicted molar refractivity (Wildman–Crippen MR) is 99.6 cm³/mol. The third kappa shape index (κ3) is 9.88. The maximum absolute atomic E-state index is 12.7. The Labute approximate surface area is 147 Å². The lowest BCUT2D eigenvalue weighted by molar-refractivity contribution is -0.131. The molecule has 0 radical (unpaired) electrons. The maximum atomic E-state index is 12.7. The van der Waals surface area contributed by atoms with Gasteiger partial charge in [-0.2, -0.15) is 0 Å². The Hall–Kier alpha value is -1.14. The molecule has 0 rings (SSSR count). The zero-order chi connectivity index (χ0) is 18.9. The monoisotopic (exact) mass is 342 g/mol. The van der Waals surface area contributed by atoms with E-state index >= 15 is 0 Å². The minimum atomic E-state index is -0.529. The van der Waals surface area contributed by atoms with E-state index in [1.54, 1.807) is 0 Å². The predicted octanol–water partition coefficient (Wildman–Crippen LogP) is 1.54. The number of carbonyl (C=O) groups excluding carboxylic acids is 2. The molecule has 142 valence electrons. The molecule has 0 aliphatic carbocycles. The Bertz CT molecular complexity index is 389. The van der Waals surface area contributed by atoms with Crippen LogP contribution in [0.5, 0.6) is 0 Å². The highest BCUT2D eigenvalue weighted by Gasteiger charge is 2.29. The molecule has 0 aromatic rings. The van der Waals surface area contributed by atoms with Crippen molar-refractivity contribution in [1.29, 1.82) is 0 Å². The van der Waals surface area contributed by atoms with Gasteiger partial charge in [-0.15, -0.1) is 0 Å². The van der Waals surface area contributed by atoms with Crippen molar-refractivity contribution >= 4 is 11.8 Å². The normalized spacial score (nSPS) is 14.6. The molecule has 0 saturated heterocycles. The van der Waals surface area contributed by atoms with Gasteiger partial charge >= 0.3 is 0 Å². The van der Waals surface area contributed by atoms with E-state index in [-0.39, 0.29) is 35.4 Å². The van der Waals surface area contributed by atoms with Crippen molar-refractivity contribution in [1.82, 2.24) is 16.0 Å². The van der Waals surface area contributed by atoms with E-state index in [2.05, 4.69) is 16.0 Å². The summed E-state index contributed by atoms with van der Waals surface area (Å²) in [7, 11) is 0. The van der Waals surface area contributed by atoms with Gasteiger partial charge in [0, 0.05) is 11.6 Å². The average Bonchev–Trinajstić information content (AvgIpc) is 2.41. The van der Waals surface area contributed by atoms with Crippen molar-refractivity contribution < 1.29 is 9.59 Å². The number of amides is 2. The highest BCUT2D eigenvalue weighted by atomic mass is 16.2. The third-order valence-electron chi connectivity index (χ3n) is 3.54. The van der Waals surface area contributed by atoms with Crippen LogP contribution in [0.2, 0.25) is 0 Å². The second kappa shape index (κ2) is 10.7. The zero-order valence-corrected chi connectivity index (χ0v) is 16.5. The molecular weight excluding hydrogens is 304 g/mol. The number of unbranched alkanes of at least 4 members (excludes halogenated alkanes) is 1. The first-order valence-electron chi connectivity index (χ1n) is 9.06. The van der Waals surface area contributed by atoms with E-state index in [1.165, 1.54) is 0 Å². The van der Waals surface area contributed by atoms with Crippen LogP contribution >= 0.6 is 0 Å². The minimum Gasteiger partial charge on any atom is -0.350 e. The summed E-state index contributed by atoms with van der Waals surface area (Å²) in [6, 6.07) is -0.648. The first-order valence-corrected chi connectivity index (χ1v) is 9.06. The second-order valence-corrected chi connectivity index (χ2v) is 8.13. The lowest BCUT2D eigenvalue weighted by atomic mass is 10.0. The lowest BCUT2D eigenvalue weighted by Crippen LogP contribution is -2.57. The Balaban J connectivity index is 5.00. The van der Waals surface area contributed by atoms with E-state index in [0.29, 0.717) is 13.0 Å². The van der Waals surface area contributed by atoms with E-state index in [1.807, 2.05) is 48.5 Å². The molecule has 24 heavy (non-hydrogen) atoms. The van der Waals surface area contributed by atoms with Gasteiger partial charge < -0.3 is 21.7 Å². The first-order chi connectivity index (χ1) is 11.0. The smallest absolute Gasteiger partial charge is 0.242 e. The Morgan fingerprint density at radius 2 is 1.58 bits per heavy atom. The molecule has 0 saturated carbocycles. The molecule has 0 bridgehead atoms. The molecule has 0 heterocycles. The topological polar surface area (TPSA) is 96.2 Å². The summed E-state index contributed by atoms with van der Waals surface area (Å²) >= 11 is 0. The van der Waals surface area contributed by atoms with Crippen molar-refractivity contribution in [3.8, 4) is 0 Å². The maximum Gasteiger partial charge on any atom is 0.242 e. The Kier molecular flexibility index (Phi) is 10.2. The van der Waals surface area contributed by atoms with Crippen LogP contribution in [0, 0.1) is 5.92 Å². The van der Waals surface area contributed by atoms with Crippen LogP contribution in [0.4, 0.5) is 0 Å². The summed E-state index contributed by atoms with van der Waals surface area (Å²) in [5.74, 6) is -0.122. The molecule has 5 N–H and O–H groups in total.